The molecular formula is C14H14N6O. The Labute approximate surface area is 121 Å². The Morgan fingerprint density at radius 2 is 2.10 bits per heavy atom. The summed E-state index contributed by atoms with van der Waals surface area (Å²) in [6.45, 7) is 1.79. The Balaban J connectivity index is 1.79. The van der Waals surface area contributed by atoms with Gasteiger partial charge in [0.25, 0.3) is 5.91 Å². The number of rotatable bonds is 3. The number of hydrogen-bond acceptors (Lipinski definition) is 4. The minimum Gasteiger partial charge on any atom is -0.305 e. The molecule has 0 fully saturated rings. The second-order valence-electron chi connectivity index (χ2n) is 4.66. The van der Waals surface area contributed by atoms with Crippen molar-refractivity contribution in [2.45, 2.75) is 6.92 Å². The van der Waals surface area contributed by atoms with Crippen LogP contribution in [-0.4, -0.2) is 30.9 Å². The van der Waals surface area contributed by atoms with Crippen LogP contribution in [0.25, 0.3) is 11.3 Å². The van der Waals surface area contributed by atoms with E-state index in [2.05, 4.69) is 25.6 Å². The van der Waals surface area contributed by atoms with Crippen molar-refractivity contribution in [1.82, 2.24) is 25.0 Å². The molecule has 106 valence electrons. The lowest BCUT2D eigenvalue weighted by Crippen LogP contribution is -2.12. The Kier molecular flexibility index (Phi) is 3.23. The lowest BCUT2D eigenvalue weighted by atomic mass is 10.2. The van der Waals surface area contributed by atoms with Gasteiger partial charge in [-0.2, -0.15) is 10.2 Å². The number of amides is 1. The number of anilines is 1. The number of hydrogen-bond donors (Lipinski definition) is 2. The van der Waals surface area contributed by atoms with Gasteiger partial charge < -0.3 is 5.32 Å². The van der Waals surface area contributed by atoms with Gasteiger partial charge in [0.05, 0.1) is 17.0 Å². The molecule has 0 aliphatic carbocycles. The zero-order valence-electron chi connectivity index (χ0n) is 11.7. The molecule has 0 aliphatic heterocycles. The Bertz CT molecular complexity index is 774. The average molecular weight is 282 g/mol. The standard InChI is InChI=1S/C14H14N6O/c1-9-11(8-20(2)19-9)14(21)16-13-7-12(17-18-13)10-3-5-15-6-4-10/h3-8H,1-2H3,(H2,16,17,18,21). The molecule has 0 unspecified atom stereocenters. The van der Waals surface area contributed by atoms with Crippen LogP contribution in [0.2, 0.25) is 0 Å². The second kappa shape index (κ2) is 5.20. The molecule has 7 nitrogen and oxygen atoms in total. The maximum Gasteiger partial charge on any atom is 0.260 e. The largest absolute Gasteiger partial charge is 0.305 e. The summed E-state index contributed by atoms with van der Waals surface area (Å²) >= 11 is 0. The summed E-state index contributed by atoms with van der Waals surface area (Å²) in [5, 5.41) is 13.9. The summed E-state index contributed by atoms with van der Waals surface area (Å²) in [5.74, 6) is 0.239. The van der Waals surface area contributed by atoms with Crippen molar-refractivity contribution in [3.63, 3.8) is 0 Å². The molecule has 3 heterocycles. The van der Waals surface area contributed by atoms with E-state index in [-0.39, 0.29) is 5.91 Å². The van der Waals surface area contributed by atoms with E-state index >= 15 is 0 Å². The smallest absolute Gasteiger partial charge is 0.260 e. The maximum absolute atomic E-state index is 12.2. The van der Waals surface area contributed by atoms with Gasteiger partial charge in [0.2, 0.25) is 0 Å². The van der Waals surface area contributed by atoms with E-state index in [0.29, 0.717) is 17.1 Å². The molecule has 3 aromatic heterocycles. The number of nitrogens with one attached hydrogen (secondary N) is 2. The lowest BCUT2D eigenvalue weighted by Gasteiger charge is -1.99. The highest BCUT2D eigenvalue weighted by Crippen LogP contribution is 2.19. The first-order chi connectivity index (χ1) is 10.1. The number of pyridine rings is 1. The van der Waals surface area contributed by atoms with E-state index in [4.69, 9.17) is 0 Å². The molecule has 0 atom stereocenters. The summed E-state index contributed by atoms with van der Waals surface area (Å²) in [6.07, 6.45) is 5.09. The first-order valence-electron chi connectivity index (χ1n) is 6.41. The van der Waals surface area contributed by atoms with Crippen molar-refractivity contribution in [2.75, 3.05) is 5.32 Å². The SMILES string of the molecule is Cc1nn(C)cc1C(=O)Nc1cc(-c2ccncc2)[nH]n1. The van der Waals surface area contributed by atoms with Crippen LogP contribution in [0.3, 0.4) is 0 Å². The van der Waals surface area contributed by atoms with Gasteiger partial charge in [0.15, 0.2) is 5.82 Å². The van der Waals surface area contributed by atoms with Gasteiger partial charge in [-0.05, 0) is 19.1 Å². The number of carbonyl (C=O) groups is 1. The van der Waals surface area contributed by atoms with Crippen molar-refractivity contribution in [3.05, 3.63) is 48.0 Å². The lowest BCUT2D eigenvalue weighted by molar-refractivity contribution is 0.102. The van der Waals surface area contributed by atoms with Crippen molar-refractivity contribution in [3.8, 4) is 11.3 Å². The summed E-state index contributed by atoms with van der Waals surface area (Å²) < 4.78 is 1.61. The van der Waals surface area contributed by atoms with Gasteiger partial charge in [0, 0.05) is 37.3 Å². The summed E-state index contributed by atoms with van der Waals surface area (Å²) in [6, 6.07) is 5.51. The van der Waals surface area contributed by atoms with Crippen LogP contribution in [0.15, 0.2) is 36.8 Å². The van der Waals surface area contributed by atoms with Crippen molar-refractivity contribution in [2.24, 2.45) is 7.05 Å². The topological polar surface area (TPSA) is 88.5 Å². The molecule has 0 bridgehead atoms. The fraction of sp³-hybridized carbons (Fsp3) is 0.143. The monoisotopic (exact) mass is 282 g/mol. The second-order valence-corrected chi connectivity index (χ2v) is 4.66. The summed E-state index contributed by atoms with van der Waals surface area (Å²) in [5.41, 5.74) is 2.98. The highest BCUT2D eigenvalue weighted by molar-refractivity contribution is 6.04. The first kappa shape index (κ1) is 13.0. The van der Waals surface area contributed by atoms with Crippen LogP contribution in [0.1, 0.15) is 16.1 Å². The van der Waals surface area contributed by atoms with Gasteiger partial charge >= 0.3 is 0 Å². The first-order valence-corrected chi connectivity index (χ1v) is 6.41. The van der Waals surface area contributed by atoms with E-state index in [9.17, 15) is 4.79 Å². The molecule has 1 amide bonds. The molecule has 7 heteroatoms. The Morgan fingerprint density at radius 3 is 2.76 bits per heavy atom. The van der Waals surface area contributed by atoms with E-state index in [1.54, 1.807) is 43.3 Å². The average Bonchev–Trinajstić information content (AvgIpc) is 3.06. The molecular weight excluding hydrogens is 268 g/mol. The van der Waals surface area contributed by atoms with Gasteiger partial charge in [-0.3, -0.25) is 19.6 Å². The third-order valence-electron chi connectivity index (χ3n) is 3.07. The molecule has 0 spiro atoms. The summed E-state index contributed by atoms with van der Waals surface area (Å²) in [4.78, 5) is 16.1. The Hall–Kier alpha value is -2.96. The zero-order valence-corrected chi connectivity index (χ0v) is 11.7. The van der Waals surface area contributed by atoms with Crippen molar-refractivity contribution >= 4 is 11.7 Å². The van der Waals surface area contributed by atoms with Crippen LogP contribution in [0.4, 0.5) is 5.82 Å². The molecule has 0 saturated heterocycles. The molecule has 0 radical (unpaired) electrons. The molecule has 0 aromatic carbocycles. The highest BCUT2D eigenvalue weighted by Gasteiger charge is 2.14. The van der Waals surface area contributed by atoms with Crippen LogP contribution in [0, 0.1) is 6.92 Å². The van der Waals surface area contributed by atoms with E-state index < -0.39 is 0 Å². The third-order valence-corrected chi connectivity index (χ3v) is 3.07. The van der Waals surface area contributed by atoms with Crippen LogP contribution in [-0.2, 0) is 7.05 Å². The molecule has 3 rings (SSSR count). The van der Waals surface area contributed by atoms with E-state index in [0.717, 1.165) is 11.3 Å². The fourth-order valence-electron chi connectivity index (χ4n) is 2.07. The number of aromatic nitrogens is 5. The predicted octanol–water partition coefficient (Wildman–Crippen LogP) is 1.77. The number of carbonyl (C=O) groups excluding carboxylic acids is 1. The number of aromatic amines is 1. The van der Waals surface area contributed by atoms with E-state index in [1.165, 1.54) is 0 Å². The van der Waals surface area contributed by atoms with Gasteiger partial charge in [-0.1, -0.05) is 0 Å². The van der Waals surface area contributed by atoms with Gasteiger partial charge in [-0.15, -0.1) is 0 Å². The summed E-state index contributed by atoms with van der Waals surface area (Å²) in [7, 11) is 1.78. The molecule has 2 N–H and O–H groups in total. The minimum absolute atomic E-state index is 0.228. The van der Waals surface area contributed by atoms with Gasteiger partial charge in [-0.25, -0.2) is 0 Å². The van der Waals surface area contributed by atoms with Crippen LogP contribution in [0.5, 0.6) is 0 Å². The number of nitrogens with zero attached hydrogens (tertiary/aromatic N) is 4. The number of H-pyrrole nitrogens is 1. The zero-order chi connectivity index (χ0) is 14.8. The molecule has 0 aliphatic rings. The predicted molar refractivity (Wildman–Crippen MR) is 77.7 cm³/mol. The van der Waals surface area contributed by atoms with Crippen molar-refractivity contribution < 1.29 is 4.79 Å². The third kappa shape index (κ3) is 2.66. The minimum atomic E-state index is -0.228. The number of aryl methyl sites for hydroxylation is 2. The quantitative estimate of drug-likeness (QED) is 0.766. The molecule has 21 heavy (non-hydrogen) atoms. The fourth-order valence-corrected chi connectivity index (χ4v) is 2.07. The Morgan fingerprint density at radius 1 is 1.33 bits per heavy atom. The van der Waals surface area contributed by atoms with Gasteiger partial charge in [0.1, 0.15) is 0 Å². The normalized spacial score (nSPS) is 10.6. The van der Waals surface area contributed by atoms with E-state index in [1.807, 2.05) is 12.1 Å². The molecule has 3 aromatic rings. The highest BCUT2D eigenvalue weighted by atomic mass is 16.1. The maximum atomic E-state index is 12.2. The van der Waals surface area contributed by atoms with Crippen molar-refractivity contribution in [1.29, 1.82) is 0 Å². The molecule has 0 saturated carbocycles. The van der Waals surface area contributed by atoms with Crippen LogP contribution < -0.4 is 5.32 Å². The van der Waals surface area contributed by atoms with Crippen LogP contribution >= 0.6 is 0 Å².